The van der Waals surface area contributed by atoms with E-state index in [9.17, 15) is 4.79 Å². The largest absolute Gasteiger partial charge is 0.378 e. The highest BCUT2D eigenvalue weighted by Crippen LogP contribution is 2.35. The first-order valence-corrected chi connectivity index (χ1v) is 11.1. The maximum absolute atomic E-state index is 12.6. The molecule has 0 bridgehead atoms. The molecule has 0 saturated carbocycles. The number of ether oxygens (including phenoxy) is 1. The highest BCUT2D eigenvalue weighted by Gasteiger charge is 2.17. The minimum atomic E-state index is -0.0298. The second-order valence-electron chi connectivity index (χ2n) is 7.07. The topological polar surface area (TPSA) is 54.5 Å². The van der Waals surface area contributed by atoms with Gasteiger partial charge >= 0.3 is 0 Å². The van der Waals surface area contributed by atoms with Gasteiger partial charge in [0.15, 0.2) is 0 Å². The van der Waals surface area contributed by atoms with Crippen LogP contribution in [0.25, 0.3) is 0 Å². The first-order valence-electron chi connectivity index (χ1n) is 10.1. The van der Waals surface area contributed by atoms with Gasteiger partial charge in [-0.2, -0.15) is 0 Å². The molecule has 1 fully saturated rings. The molecule has 2 aromatic carbocycles. The number of morpholine rings is 1. The Hall–Kier alpha value is -2.83. The molecule has 1 aliphatic heterocycles. The van der Waals surface area contributed by atoms with Gasteiger partial charge in [0.2, 0.25) is 5.91 Å². The van der Waals surface area contributed by atoms with Crippen molar-refractivity contribution in [1.82, 2.24) is 4.98 Å². The predicted molar refractivity (Wildman–Crippen MR) is 123 cm³/mol. The summed E-state index contributed by atoms with van der Waals surface area (Å²) in [5, 5.41) is 3.08. The molecule has 154 valence electrons. The Morgan fingerprint density at radius 1 is 0.967 bits per heavy atom. The van der Waals surface area contributed by atoms with Crippen LogP contribution in [0, 0.1) is 0 Å². The van der Waals surface area contributed by atoms with Gasteiger partial charge < -0.3 is 15.0 Å². The van der Waals surface area contributed by atoms with Crippen LogP contribution < -0.4 is 10.2 Å². The number of rotatable bonds is 7. The number of thioether (sulfide) groups is 1. The third kappa shape index (κ3) is 5.40. The van der Waals surface area contributed by atoms with Gasteiger partial charge in [0.1, 0.15) is 5.82 Å². The molecule has 1 aliphatic rings. The lowest BCUT2D eigenvalue weighted by molar-refractivity contribution is -0.113. The number of amides is 1. The van der Waals surface area contributed by atoms with Gasteiger partial charge in [-0.25, -0.2) is 4.98 Å². The van der Waals surface area contributed by atoms with Crippen molar-refractivity contribution < 1.29 is 9.53 Å². The van der Waals surface area contributed by atoms with Gasteiger partial charge in [-0.3, -0.25) is 4.79 Å². The van der Waals surface area contributed by atoms with E-state index in [1.165, 1.54) is 11.1 Å². The lowest BCUT2D eigenvalue weighted by Gasteiger charge is -2.27. The third-order valence-electron chi connectivity index (χ3n) is 4.95. The Morgan fingerprint density at radius 3 is 2.17 bits per heavy atom. The van der Waals surface area contributed by atoms with Crippen molar-refractivity contribution in [3.05, 3.63) is 90.1 Å². The van der Waals surface area contributed by atoms with Crippen molar-refractivity contribution in [2.24, 2.45) is 0 Å². The van der Waals surface area contributed by atoms with E-state index in [-0.39, 0.29) is 11.2 Å². The first kappa shape index (κ1) is 20.4. The predicted octanol–water partition coefficient (Wildman–Crippen LogP) is 4.38. The van der Waals surface area contributed by atoms with E-state index in [0.717, 1.165) is 32.1 Å². The van der Waals surface area contributed by atoms with Crippen LogP contribution in [0.1, 0.15) is 16.4 Å². The number of anilines is 2. The summed E-state index contributed by atoms with van der Waals surface area (Å²) >= 11 is 1.63. The van der Waals surface area contributed by atoms with Crippen LogP contribution in [0.15, 0.2) is 79.0 Å². The number of pyridine rings is 1. The van der Waals surface area contributed by atoms with Crippen LogP contribution in [0.4, 0.5) is 11.5 Å². The highest BCUT2D eigenvalue weighted by molar-refractivity contribution is 8.00. The monoisotopic (exact) mass is 419 g/mol. The molecule has 0 atom stereocenters. The van der Waals surface area contributed by atoms with Crippen molar-refractivity contribution >= 4 is 29.2 Å². The molecule has 3 aromatic rings. The number of hydrogen-bond donors (Lipinski definition) is 1. The fourth-order valence-electron chi connectivity index (χ4n) is 3.44. The number of hydrogen-bond acceptors (Lipinski definition) is 5. The van der Waals surface area contributed by atoms with Gasteiger partial charge in [0.05, 0.1) is 36.1 Å². The van der Waals surface area contributed by atoms with E-state index in [4.69, 9.17) is 4.74 Å². The summed E-state index contributed by atoms with van der Waals surface area (Å²) in [6.07, 6.45) is 1.72. The molecule has 1 N–H and O–H groups in total. The van der Waals surface area contributed by atoms with Crippen LogP contribution in [0.5, 0.6) is 0 Å². The van der Waals surface area contributed by atoms with Crippen molar-refractivity contribution in [2.45, 2.75) is 5.25 Å². The Balaban J connectivity index is 1.37. The Kier molecular flexibility index (Phi) is 7.00. The molecule has 6 heteroatoms. The molecule has 5 nitrogen and oxygen atoms in total. The van der Waals surface area contributed by atoms with Gasteiger partial charge in [0.25, 0.3) is 0 Å². The summed E-state index contributed by atoms with van der Waals surface area (Å²) in [4.78, 5) is 19.3. The summed E-state index contributed by atoms with van der Waals surface area (Å²) in [6, 6.07) is 24.5. The first-order chi connectivity index (χ1) is 14.8. The average molecular weight is 420 g/mol. The minimum Gasteiger partial charge on any atom is -0.378 e. The molecular weight excluding hydrogens is 394 g/mol. The average Bonchev–Trinajstić information content (AvgIpc) is 2.82. The van der Waals surface area contributed by atoms with Gasteiger partial charge in [-0.05, 0) is 23.3 Å². The number of benzene rings is 2. The molecule has 1 amide bonds. The van der Waals surface area contributed by atoms with E-state index in [0.29, 0.717) is 11.4 Å². The Bertz CT molecular complexity index is 890. The smallest absolute Gasteiger partial charge is 0.234 e. The van der Waals surface area contributed by atoms with Gasteiger partial charge in [-0.15, -0.1) is 11.8 Å². The minimum absolute atomic E-state index is 0.0298. The summed E-state index contributed by atoms with van der Waals surface area (Å²) < 4.78 is 5.38. The van der Waals surface area contributed by atoms with Crippen molar-refractivity contribution in [2.75, 3.05) is 42.3 Å². The van der Waals surface area contributed by atoms with E-state index in [1.807, 2.05) is 48.5 Å². The molecule has 1 aromatic heterocycles. The Morgan fingerprint density at radius 2 is 1.60 bits per heavy atom. The van der Waals surface area contributed by atoms with E-state index in [1.54, 1.807) is 18.0 Å². The second kappa shape index (κ2) is 10.3. The zero-order valence-corrected chi connectivity index (χ0v) is 17.6. The zero-order chi connectivity index (χ0) is 20.6. The summed E-state index contributed by atoms with van der Waals surface area (Å²) in [7, 11) is 0. The summed E-state index contributed by atoms with van der Waals surface area (Å²) in [5.41, 5.74) is 3.10. The number of nitrogens with one attached hydrogen (secondary N) is 1. The quantitative estimate of drug-likeness (QED) is 0.616. The third-order valence-corrected chi connectivity index (χ3v) is 6.26. The molecule has 1 saturated heterocycles. The van der Waals surface area contributed by atoms with Crippen LogP contribution >= 0.6 is 11.8 Å². The fraction of sp³-hybridized carbons (Fsp3) is 0.250. The molecule has 0 spiro atoms. The maximum atomic E-state index is 12.6. The van der Waals surface area contributed by atoms with Gasteiger partial charge in [-0.1, -0.05) is 60.7 Å². The molecule has 0 radical (unpaired) electrons. The van der Waals surface area contributed by atoms with Crippen molar-refractivity contribution in [3.63, 3.8) is 0 Å². The second-order valence-corrected chi connectivity index (χ2v) is 8.16. The SMILES string of the molecule is O=C(CSC(c1ccccc1)c1ccccc1)Nc1ccc(N2CCOCC2)nc1. The molecule has 4 rings (SSSR count). The van der Waals surface area contributed by atoms with E-state index < -0.39 is 0 Å². The van der Waals surface area contributed by atoms with Crippen LogP contribution in [0.2, 0.25) is 0 Å². The standard InChI is InChI=1S/C24H25N3O2S/c28-23(26-21-11-12-22(25-17-21)27-13-15-29-16-14-27)18-30-24(19-7-3-1-4-8-19)20-9-5-2-6-10-20/h1-12,17,24H,13-16,18H2,(H,26,28). The number of aromatic nitrogens is 1. The molecule has 0 unspecified atom stereocenters. The molecular formula is C24H25N3O2S. The maximum Gasteiger partial charge on any atom is 0.234 e. The zero-order valence-electron chi connectivity index (χ0n) is 16.7. The molecule has 0 aliphatic carbocycles. The molecule has 30 heavy (non-hydrogen) atoms. The number of nitrogens with zero attached hydrogens (tertiary/aromatic N) is 2. The lowest BCUT2D eigenvalue weighted by atomic mass is 10.0. The van der Waals surface area contributed by atoms with Crippen molar-refractivity contribution in [1.29, 1.82) is 0 Å². The summed E-state index contributed by atoms with van der Waals surface area (Å²) in [6.45, 7) is 3.13. The van der Waals surface area contributed by atoms with Crippen LogP contribution in [0.3, 0.4) is 0 Å². The van der Waals surface area contributed by atoms with Crippen LogP contribution in [-0.4, -0.2) is 42.9 Å². The fourth-order valence-corrected chi connectivity index (χ4v) is 4.53. The highest BCUT2D eigenvalue weighted by atomic mass is 32.2. The lowest BCUT2D eigenvalue weighted by Crippen LogP contribution is -2.36. The number of carbonyl (C=O) groups excluding carboxylic acids is 1. The van der Waals surface area contributed by atoms with Crippen molar-refractivity contribution in [3.8, 4) is 0 Å². The van der Waals surface area contributed by atoms with E-state index in [2.05, 4.69) is 39.5 Å². The Labute approximate surface area is 181 Å². The number of carbonyl (C=O) groups is 1. The normalized spacial score (nSPS) is 14.0. The molecule has 2 heterocycles. The van der Waals surface area contributed by atoms with Gasteiger partial charge in [0, 0.05) is 13.1 Å². The summed E-state index contributed by atoms with van der Waals surface area (Å²) in [5.74, 6) is 1.25. The van der Waals surface area contributed by atoms with Crippen LogP contribution in [-0.2, 0) is 9.53 Å². The van der Waals surface area contributed by atoms with E-state index >= 15 is 0 Å².